The molecule has 1 aromatic rings. The Hall–Kier alpha value is -0.540. The van der Waals surface area contributed by atoms with Gasteiger partial charge in [0.05, 0.1) is 0 Å². The van der Waals surface area contributed by atoms with Crippen LogP contribution in [0.3, 0.4) is 0 Å². The number of thioether (sulfide) groups is 1. The topological polar surface area (TPSA) is 38.9 Å². The van der Waals surface area contributed by atoms with Gasteiger partial charge in [-0.15, -0.1) is 11.8 Å². The maximum atomic E-state index is 6.19. The van der Waals surface area contributed by atoms with E-state index in [0.717, 1.165) is 11.7 Å². The van der Waals surface area contributed by atoms with Crippen molar-refractivity contribution >= 4 is 11.8 Å². The standard InChI is InChI=1S/C12H18N2S/c13-12(10-3-1-2-4-10)9-15-11-5-7-14-8-6-11/h5-8,10,12H,1-4,9,13H2. The van der Waals surface area contributed by atoms with Gasteiger partial charge in [0.1, 0.15) is 0 Å². The van der Waals surface area contributed by atoms with Crippen LogP contribution in [0, 0.1) is 5.92 Å². The lowest BCUT2D eigenvalue weighted by Gasteiger charge is -2.17. The molecule has 15 heavy (non-hydrogen) atoms. The van der Waals surface area contributed by atoms with Crippen molar-refractivity contribution in [2.24, 2.45) is 11.7 Å². The van der Waals surface area contributed by atoms with Gasteiger partial charge >= 0.3 is 0 Å². The highest BCUT2D eigenvalue weighted by atomic mass is 32.2. The van der Waals surface area contributed by atoms with Gasteiger partial charge in [-0.3, -0.25) is 4.98 Å². The Morgan fingerprint density at radius 3 is 2.67 bits per heavy atom. The molecule has 1 fully saturated rings. The van der Waals surface area contributed by atoms with Crippen LogP contribution in [-0.2, 0) is 0 Å². The van der Waals surface area contributed by atoms with E-state index < -0.39 is 0 Å². The zero-order chi connectivity index (χ0) is 10.5. The monoisotopic (exact) mass is 222 g/mol. The maximum Gasteiger partial charge on any atom is 0.0278 e. The molecule has 0 amide bonds. The number of hydrogen-bond acceptors (Lipinski definition) is 3. The minimum absolute atomic E-state index is 0.366. The largest absolute Gasteiger partial charge is 0.327 e. The second kappa shape index (κ2) is 5.52. The third-order valence-corrected chi connectivity index (χ3v) is 4.25. The Labute approximate surface area is 95.7 Å². The van der Waals surface area contributed by atoms with Crippen LogP contribution >= 0.6 is 11.8 Å². The lowest BCUT2D eigenvalue weighted by atomic mass is 10.0. The highest BCUT2D eigenvalue weighted by molar-refractivity contribution is 7.99. The van der Waals surface area contributed by atoms with Gasteiger partial charge in [-0.2, -0.15) is 0 Å². The lowest BCUT2D eigenvalue weighted by Crippen LogP contribution is -2.30. The lowest BCUT2D eigenvalue weighted by molar-refractivity contribution is 0.463. The third-order valence-electron chi connectivity index (χ3n) is 3.10. The van der Waals surface area contributed by atoms with E-state index >= 15 is 0 Å². The molecule has 1 aliphatic carbocycles. The molecule has 1 unspecified atom stereocenters. The first-order valence-corrected chi connectivity index (χ1v) is 6.63. The number of rotatable bonds is 4. The Balaban J connectivity index is 1.77. The van der Waals surface area contributed by atoms with E-state index in [0.29, 0.717) is 6.04 Å². The van der Waals surface area contributed by atoms with Crippen LogP contribution < -0.4 is 5.73 Å². The Morgan fingerprint density at radius 2 is 2.00 bits per heavy atom. The maximum absolute atomic E-state index is 6.19. The molecular formula is C12H18N2S. The van der Waals surface area contributed by atoms with E-state index in [1.165, 1.54) is 30.6 Å². The second-order valence-electron chi connectivity index (χ2n) is 4.20. The molecule has 3 heteroatoms. The molecule has 2 nitrogen and oxygen atoms in total. The fraction of sp³-hybridized carbons (Fsp3) is 0.583. The predicted octanol–water partition coefficient (Wildman–Crippen LogP) is 2.69. The van der Waals surface area contributed by atoms with Gasteiger partial charge in [-0.1, -0.05) is 12.8 Å². The first-order valence-electron chi connectivity index (χ1n) is 5.64. The Morgan fingerprint density at radius 1 is 1.33 bits per heavy atom. The molecule has 1 heterocycles. The van der Waals surface area contributed by atoms with Crippen LogP contribution in [0.1, 0.15) is 25.7 Å². The van der Waals surface area contributed by atoms with Crippen LogP contribution in [0.5, 0.6) is 0 Å². The molecule has 2 rings (SSSR count). The molecule has 1 saturated carbocycles. The van der Waals surface area contributed by atoms with E-state index in [2.05, 4.69) is 4.98 Å². The summed E-state index contributed by atoms with van der Waals surface area (Å²) in [5, 5.41) is 0. The van der Waals surface area contributed by atoms with Crippen molar-refractivity contribution in [3.8, 4) is 0 Å². The van der Waals surface area contributed by atoms with Crippen molar-refractivity contribution in [2.45, 2.75) is 36.6 Å². The zero-order valence-corrected chi connectivity index (χ0v) is 9.75. The molecule has 1 aliphatic rings. The summed E-state index contributed by atoms with van der Waals surface area (Å²) in [7, 11) is 0. The molecular weight excluding hydrogens is 204 g/mol. The van der Waals surface area contributed by atoms with Crippen molar-refractivity contribution in [1.29, 1.82) is 0 Å². The molecule has 0 saturated heterocycles. The molecule has 2 N–H and O–H groups in total. The summed E-state index contributed by atoms with van der Waals surface area (Å²) in [5.41, 5.74) is 6.19. The first kappa shape index (κ1) is 11.0. The van der Waals surface area contributed by atoms with Gasteiger partial charge in [-0.05, 0) is 30.9 Å². The fourth-order valence-electron chi connectivity index (χ4n) is 2.15. The van der Waals surface area contributed by atoms with Crippen LogP contribution in [0.25, 0.3) is 0 Å². The van der Waals surface area contributed by atoms with E-state index in [9.17, 15) is 0 Å². The van der Waals surface area contributed by atoms with E-state index in [1.54, 1.807) is 0 Å². The van der Waals surface area contributed by atoms with Crippen LogP contribution in [0.15, 0.2) is 29.4 Å². The number of nitrogens with two attached hydrogens (primary N) is 1. The first-order chi connectivity index (χ1) is 7.36. The zero-order valence-electron chi connectivity index (χ0n) is 8.93. The minimum atomic E-state index is 0.366. The van der Waals surface area contributed by atoms with E-state index in [1.807, 2.05) is 36.3 Å². The summed E-state index contributed by atoms with van der Waals surface area (Å²) in [4.78, 5) is 5.28. The van der Waals surface area contributed by atoms with Crippen molar-refractivity contribution in [3.05, 3.63) is 24.5 Å². The smallest absolute Gasteiger partial charge is 0.0278 e. The van der Waals surface area contributed by atoms with Gasteiger partial charge in [0, 0.05) is 29.1 Å². The highest BCUT2D eigenvalue weighted by Gasteiger charge is 2.21. The SMILES string of the molecule is NC(CSc1ccncc1)C1CCCC1. The van der Waals surface area contributed by atoms with Crippen molar-refractivity contribution in [2.75, 3.05) is 5.75 Å². The summed E-state index contributed by atoms with van der Waals surface area (Å²) in [6.07, 6.45) is 9.08. The summed E-state index contributed by atoms with van der Waals surface area (Å²) in [5.74, 6) is 1.80. The highest BCUT2D eigenvalue weighted by Crippen LogP contribution is 2.29. The summed E-state index contributed by atoms with van der Waals surface area (Å²) >= 11 is 1.85. The van der Waals surface area contributed by atoms with Crippen molar-refractivity contribution < 1.29 is 0 Å². The molecule has 82 valence electrons. The molecule has 0 spiro atoms. The van der Waals surface area contributed by atoms with Gasteiger partial charge in [0.25, 0.3) is 0 Å². The summed E-state index contributed by atoms with van der Waals surface area (Å²) in [6, 6.07) is 4.46. The normalized spacial score (nSPS) is 19.3. The summed E-state index contributed by atoms with van der Waals surface area (Å²) in [6.45, 7) is 0. The van der Waals surface area contributed by atoms with Gasteiger partial charge in [-0.25, -0.2) is 0 Å². The average molecular weight is 222 g/mol. The second-order valence-corrected chi connectivity index (χ2v) is 5.30. The number of pyridine rings is 1. The fourth-order valence-corrected chi connectivity index (χ4v) is 3.12. The molecule has 0 radical (unpaired) electrons. The Bertz CT molecular complexity index is 283. The quantitative estimate of drug-likeness (QED) is 0.796. The predicted molar refractivity (Wildman–Crippen MR) is 64.9 cm³/mol. The molecule has 0 aromatic carbocycles. The van der Waals surface area contributed by atoms with Gasteiger partial charge in [0.2, 0.25) is 0 Å². The van der Waals surface area contributed by atoms with E-state index in [-0.39, 0.29) is 0 Å². The molecule has 1 atom stereocenters. The van der Waals surface area contributed by atoms with Crippen molar-refractivity contribution in [1.82, 2.24) is 4.98 Å². The summed E-state index contributed by atoms with van der Waals surface area (Å²) < 4.78 is 0. The van der Waals surface area contributed by atoms with Gasteiger partial charge < -0.3 is 5.73 Å². The average Bonchev–Trinajstić information content (AvgIpc) is 2.81. The van der Waals surface area contributed by atoms with Crippen molar-refractivity contribution in [3.63, 3.8) is 0 Å². The third kappa shape index (κ3) is 3.21. The minimum Gasteiger partial charge on any atom is -0.327 e. The van der Waals surface area contributed by atoms with E-state index in [4.69, 9.17) is 5.73 Å². The number of aromatic nitrogens is 1. The molecule has 0 bridgehead atoms. The Kier molecular flexibility index (Phi) is 4.03. The number of hydrogen-bond donors (Lipinski definition) is 1. The van der Waals surface area contributed by atoms with Gasteiger partial charge in [0.15, 0.2) is 0 Å². The van der Waals surface area contributed by atoms with Crippen LogP contribution in [0.2, 0.25) is 0 Å². The number of nitrogens with zero attached hydrogens (tertiary/aromatic N) is 1. The van der Waals surface area contributed by atoms with Crippen LogP contribution in [-0.4, -0.2) is 16.8 Å². The van der Waals surface area contributed by atoms with Crippen LogP contribution in [0.4, 0.5) is 0 Å². The molecule has 0 aliphatic heterocycles. The molecule has 1 aromatic heterocycles.